The number of halogens is 2. The molecule has 1 atom stereocenters. The molecule has 2 N–H and O–H groups in total. The van der Waals surface area contributed by atoms with Crippen molar-refractivity contribution in [3.8, 4) is 17.6 Å². The number of nitriles is 1. The zero-order chi connectivity index (χ0) is 22.2. The average Bonchev–Trinajstić information content (AvgIpc) is 3.26. The summed E-state index contributed by atoms with van der Waals surface area (Å²) < 4.78 is 24.8. The van der Waals surface area contributed by atoms with Gasteiger partial charge in [0.1, 0.15) is 17.3 Å². The maximum atomic E-state index is 14.1. The van der Waals surface area contributed by atoms with Gasteiger partial charge >= 0.3 is 0 Å². The third-order valence-corrected chi connectivity index (χ3v) is 5.16. The van der Waals surface area contributed by atoms with E-state index in [-0.39, 0.29) is 42.4 Å². The Kier molecular flexibility index (Phi) is 9.84. The molecule has 1 aliphatic rings. The normalized spacial score (nSPS) is 15.5. The van der Waals surface area contributed by atoms with Crippen LogP contribution in [0.15, 0.2) is 41.4 Å². The van der Waals surface area contributed by atoms with Gasteiger partial charge < -0.3 is 25.0 Å². The van der Waals surface area contributed by atoms with Crippen LogP contribution < -0.4 is 25.0 Å². The van der Waals surface area contributed by atoms with E-state index in [0.717, 1.165) is 36.7 Å². The van der Waals surface area contributed by atoms with Crippen molar-refractivity contribution < 1.29 is 13.9 Å². The van der Waals surface area contributed by atoms with Crippen LogP contribution in [0.5, 0.6) is 11.5 Å². The van der Waals surface area contributed by atoms with Crippen LogP contribution in [0.1, 0.15) is 24.5 Å². The highest BCUT2D eigenvalue weighted by Crippen LogP contribution is 2.30. The van der Waals surface area contributed by atoms with Gasteiger partial charge in [-0.05, 0) is 31.5 Å². The summed E-state index contributed by atoms with van der Waals surface area (Å²) in [5, 5.41) is 15.7. The molecular formula is C23H29FIN5O2. The molecule has 2 aromatic rings. The van der Waals surface area contributed by atoms with Gasteiger partial charge in [0.25, 0.3) is 0 Å². The Bertz CT molecular complexity index is 957. The van der Waals surface area contributed by atoms with Crippen LogP contribution in [0, 0.1) is 17.1 Å². The Labute approximate surface area is 205 Å². The fourth-order valence-electron chi connectivity index (χ4n) is 3.53. The molecule has 1 heterocycles. The topological polar surface area (TPSA) is 81.9 Å². The number of rotatable bonds is 7. The predicted molar refractivity (Wildman–Crippen MR) is 135 cm³/mol. The van der Waals surface area contributed by atoms with E-state index in [4.69, 9.17) is 14.7 Å². The van der Waals surface area contributed by atoms with Crippen molar-refractivity contribution in [1.29, 1.82) is 5.26 Å². The molecule has 0 spiro atoms. The van der Waals surface area contributed by atoms with Crippen LogP contribution >= 0.6 is 24.0 Å². The Balaban J connectivity index is 0.00000363. The van der Waals surface area contributed by atoms with E-state index in [1.54, 1.807) is 14.2 Å². The van der Waals surface area contributed by atoms with Gasteiger partial charge in [-0.15, -0.1) is 24.0 Å². The van der Waals surface area contributed by atoms with Gasteiger partial charge in [-0.2, -0.15) is 5.26 Å². The van der Waals surface area contributed by atoms with Gasteiger partial charge in [-0.25, -0.2) is 9.38 Å². The number of ether oxygens (including phenoxy) is 2. The van der Waals surface area contributed by atoms with Crippen molar-refractivity contribution in [2.24, 2.45) is 4.99 Å². The molecule has 1 unspecified atom stereocenters. The van der Waals surface area contributed by atoms with E-state index >= 15 is 0 Å². The van der Waals surface area contributed by atoms with Crippen molar-refractivity contribution in [1.82, 2.24) is 10.6 Å². The number of benzene rings is 2. The third kappa shape index (κ3) is 6.63. The van der Waals surface area contributed by atoms with Gasteiger partial charge in [0.05, 0.1) is 32.4 Å². The molecule has 0 aliphatic carbocycles. The third-order valence-electron chi connectivity index (χ3n) is 5.16. The molecule has 0 radical (unpaired) electrons. The van der Waals surface area contributed by atoms with Gasteiger partial charge in [0, 0.05) is 55.1 Å². The van der Waals surface area contributed by atoms with Crippen LogP contribution in [0.25, 0.3) is 0 Å². The summed E-state index contributed by atoms with van der Waals surface area (Å²) in [5.41, 5.74) is 1.86. The molecular weight excluding hydrogens is 524 g/mol. The Morgan fingerprint density at radius 3 is 2.56 bits per heavy atom. The van der Waals surface area contributed by atoms with Gasteiger partial charge in [-0.3, -0.25) is 0 Å². The van der Waals surface area contributed by atoms with E-state index in [1.165, 1.54) is 18.2 Å². The van der Waals surface area contributed by atoms with Crippen LogP contribution in [-0.2, 0) is 6.54 Å². The molecule has 32 heavy (non-hydrogen) atoms. The van der Waals surface area contributed by atoms with E-state index in [2.05, 4.69) is 20.5 Å². The highest BCUT2D eigenvalue weighted by molar-refractivity contribution is 14.0. The number of methoxy groups -OCH3 is 2. The first-order valence-corrected chi connectivity index (χ1v) is 10.3. The predicted octanol–water partition coefficient (Wildman–Crippen LogP) is 3.67. The first kappa shape index (κ1) is 25.5. The molecule has 7 nitrogen and oxygen atoms in total. The number of anilines is 1. The zero-order valence-electron chi connectivity index (χ0n) is 18.5. The highest BCUT2D eigenvalue weighted by Gasteiger charge is 2.24. The monoisotopic (exact) mass is 553 g/mol. The molecule has 3 rings (SSSR count). The first-order valence-electron chi connectivity index (χ1n) is 10.3. The Hall–Kier alpha value is -2.74. The lowest BCUT2D eigenvalue weighted by Crippen LogP contribution is -2.44. The first-order chi connectivity index (χ1) is 15.1. The summed E-state index contributed by atoms with van der Waals surface area (Å²) in [5.74, 6) is 1.77. The quantitative estimate of drug-likeness (QED) is 0.310. The van der Waals surface area contributed by atoms with Gasteiger partial charge in [0.15, 0.2) is 5.96 Å². The van der Waals surface area contributed by atoms with Crippen LogP contribution in [0.4, 0.5) is 10.1 Å². The lowest BCUT2D eigenvalue weighted by atomic mass is 10.1. The zero-order valence-corrected chi connectivity index (χ0v) is 20.9. The average molecular weight is 553 g/mol. The van der Waals surface area contributed by atoms with E-state index in [9.17, 15) is 4.39 Å². The van der Waals surface area contributed by atoms with Crippen LogP contribution in [-0.4, -0.2) is 45.9 Å². The molecule has 1 aliphatic heterocycles. The van der Waals surface area contributed by atoms with Gasteiger partial charge in [-0.1, -0.05) is 0 Å². The summed E-state index contributed by atoms with van der Waals surface area (Å²) >= 11 is 0. The number of nitrogens with one attached hydrogen (secondary N) is 2. The number of nitrogens with zero attached hydrogens (tertiary/aromatic N) is 3. The minimum atomic E-state index is -0.363. The largest absolute Gasteiger partial charge is 0.497 e. The molecule has 1 saturated heterocycles. The maximum Gasteiger partial charge on any atom is 0.191 e. The lowest BCUT2D eigenvalue weighted by Gasteiger charge is -2.21. The molecule has 1 fully saturated rings. The maximum absolute atomic E-state index is 14.1. The smallest absolute Gasteiger partial charge is 0.191 e. The molecule has 172 valence electrons. The molecule has 0 bridgehead atoms. The summed E-state index contributed by atoms with van der Waals surface area (Å²) in [6.07, 6.45) is 0.933. The van der Waals surface area contributed by atoms with Crippen molar-refractivity contribution in [2.75, 3.05) is 38.8 Å². The van der Waals surface area contributed by atoms with Crippen molar-refractivity contribution >= 4 is 35.6 Å². The lowest BCUT2D eigenvalue weighted by molar-refractivity contribution is 0.394. The molecule has 0 amide bonds. The molecule has 2 aromatic carbocycles. The Morgan fingerprint density at radius 2 is 1.94 bits per heavy atom. The fraction of sp³-hybridized carbons (Fsp3) is 0.391. The van der Waals surface area contributed by atoms with Crippen LogP contribution in [0.3, 0.4) is 0 Å². The second-order valence-electron chi connectivity index (χ2n) is 7.26. The SMILES string of the molecule is CCNC(=NCc1cc(C#N)ccc1F)NC1CCN(c2cc(OC)cc(OC)c2)C1.I. The second-order valence-corrected chi connectivity index (χ2v) is 7.26. The Morgan fingerprint density at radius 1 is 1.22 bits per heavy atom. The standard InChI is InChI=1S/C23H28FN5O2.HI/c1-4-26-23(27-14-17-9-16(13-25)5-6-22(17)24)28-18-7-8-29(15-18)19-10-20(30-2)12-21(11-19)31-3;/h5-6,9-12,18H,4,7-8,14-15H2,1-3H3,(H2,26,27,28);1H. The van der Waals surface area contributed by atoms with Crippen molar-refractivity contribution in [2.45, 2.75) is 25.9 Å². The minimum Gasteiger partial charge on any atom is -0.497 e. The van der Waals surface area contributed by atoms with Crippen molar-refractivity contribution in [3.05, 3.63) is 53.3 Å². The minimum absolute atomic E-state index is 0. The van der Waals surface area contributed by atoms with Crippen molar-refractivity contribution in [3.63, 3.8) is 0 Å². The van der Waals surface area contributed by atoms with Gasteiger partial charge in [0.2, 0.25) is 0 Å². The summed E-state index contributed by atoms with van der Waals surface area (Å²) in [6.45, 7) is 4.50. The summed E-state index contributed by atoms with van der Waals surface area (Å²) in [7, 11) is 3.28. The van der Waals surface area contributed by atoms with Crippen LogP contribution in [0.2, 0.25) is 0 Å². The molecule has 9 heteroatoms. The number of hydrogen-bond donors (Lipinski definition) is 2. The van der Waals surface area contributed by atoms with E-state index < -0.39 is 0 Å². The highest BCUT2D eigenvalue weighted by atomic mass is 127. The van der Waals surface area contributed by atoms with E-state index in [1.807, 2.05) is 31.2 Å². The number of hydrogen-bond acceptors (Lipinski definition) is 5. The number of guanidine groups is 1. The second kappa shape index (κ2) is 12.3. The number of aliphatic imine (C=N–C) groups is 1. The summed E-state index contributed by atoms with van der Waals surface area (Å²) in [4.78, 5) is 6.79. The molecule has 0 aromatic heterocycles. The fourth-order valence-corrected chi connectivity index (χ4v) is 3.53. The van der Waals surface area contributed by atoms with E-state index in [0.29, 0.717) is 23.6 Å². The molecule has 0 saturated carbocycles. The summed E-state index contributed by atoms with van der Waals surface area (Å²) in [6, 6.07) is 12.4.